The quantitative estimate of drug-likeness (QED) is 0.241. The molecule has 3 rings (SSSR count). The maximum atomic E-state index is 13.5. The molecule has 1 atom stereocenters. The summed E-state index contributed by atoms with van der Waals surface area (Å²) in [5.74, 6) is -2.21. The standard InChI is InChI=1S/C23H24ClF4NO7S2/c1-22(2,23(26,27)28)36-21(30)12-15-3-8-20-19(11-15)29(13-17(35-20)9-10-37(31,32)14-24)38(33,34)18-6-4-16(25)5-7-18/h3-8,11,17H,9-10,12-14H2,1-2H3/t17-/m0/s1. The van der Waals surface area contributed by atoms with Crippen molar-refractivity contribution in [3.63, 3.8) is 0 Å². The summed E-state index contributed by atoms with van der Waals surface area (Å²) in [5, 5.41) is -0.626. The minimum atomic E-state index is -4.81. The summed E-state index contributed by atoms with van der Waals surface area (Å²) in [7, 11) is -7.94. The van der Waals surface area contributed by atoms with Crippen molar-refractivity contribution in [2.24, 2.45) is 0 Å². The third kappa shape index (κ3) is 6.89. The number of anilines is 1. The van der Waals surface area contributed by atoms with Crippen molar-refractivity contribution in [1.29, 1.82) is 0 Å². The van der Waals surface area contributed by atoms with Gasteiger partial charge in [-0.25, -0.2) is 21.2 Å². The van der Waals surface area contributed by atoms with Crippen LogP contribution >= 0.6 is 11.6 Å². The number of sulfone groups is 1. The van der Waals surface area contributed by atoms with E-state index < -0.39 is 61.2 Å². The van der Waals surface area contributed by atoms with Crippen LogP contribution in [0.4, 0.5) is 23.2 Å². The number of halogens is 5. The molecule has 0 aliphatic carbocycles. The van der Waals surface area contributed by atoms with Gasteiger partial charge in [-0.15, -0.1) is 11.6 Å². The van der Waals surface area contributed by atoms with Crippen LogP contribution in [0.15, 0.2) is 47.4 Å². The van der Waals surface area contributed by atoms with Gasteiger partial charge < -0.3 is 9.47 Å². The van der Waals surface area contributed by atoms with Crippen LogP contribution in [0, 0.1) is 5.82 Å². The number of carbonyl (C=O) groups excluding carboxylic acids is 1. The number of hydrogen-bond donors (Lipinski definition) is 0. The average molecular weight is 602 g/mol. The Kier molecular flexibility index (Phi) is 8.59. The maximum absolute atomic E-state index is 13.5. The van der Waals surface area contributed by atoms with E-state index in [2.05, 4.69) is 4.74 Å². The van der Waals surface area contributed by atoms with Crippen molar-refractivity contribution in [3.05, 3.63) is 53.8 Å². The SMILES string of the molecule is CC(C)(OC(=O)Cc1ccc2c(c1)N(S(=O)(=O)c1ccc(F)cc1)C[C@H](CCS(=O)(=O)CCl)O2)C(F)(F)F. The molecule has 1 heterocycles. The lowest BCUT2D eigenvalue weighted by atomic mass is 10.1. The molecule has 2 aromatic carbocycles. The first-order valence-electron chi connectivity index (χ1n) is 11.1. The molecule has 2 aromatic rings. The predicted molar refractivity (Wildman–Crippen MR) is 131 cm³/mol. The molecule has 8 nitrogen and oxygen atoms in total. The molecule has 0 amide bonds. The molecule has 0 saturated carbocycles. The molecule has 15 heteroatoms. The van der Waals surface area contributed by atoms with Gasteiger partial charge in [-0.2, -0.15) is 13.2 Å². The molecule has 0 fully saturated rings. The van der Waals surface area contributed by atoms with Gasteiger partial charge in [0.2, 0.25) is 5.60 Å². The van der Waals surface area contributed by atoms with Crippen molar-refractivity contribution in [2.75, 3.05) is 21.8 Å². The van der Waals surface area contributed by atoms with Crippen molar-refractivity contribution < 1.29 is 48.7 Å². The fraction of sp³-hybridized carbons (Fsp3) is 0.435. The molecular weight excluding hydrogens is 578 g/mol. The van der Waals surface area contributed by atoms with E-state index in [4.69, 9.17) is 16.3 Å². The number of nitrogens with zero attached hydrogens (tertiary/aromatic N) is 1. The molecule has 0 unspecified atom stereocenters. The van der Waals surface area contributed by atoms with Gasteiger partial charge in [0.1, 0.15) is 22.9 Å². The fourth-order valence-electron chi connectivity index (χ4n) is 3.49. The van der Waals surface area contributed by atoms with Gasteiger partial charge in [-0.1, -0.05) is 6.07 Å². The van der Waals surface area contributed by atoms with E-state index in [1.807, 2.05) is 0 Å². The summed E-state index contributed by atoms with van der Waals surface area (Å²) in [4.78, 5) is 12.0. The molecule has 0 N–H and O–H groups in total. The second-order valence-electron chi connectivity index (χ2n) is 9.04. The highest BCUT2D eigenvalue weighted by Crippen LogP contribution is 2.39. The van der Waals surface area contributed by atoms with Crippen LogP contribution in [-0.4, -0.2) is 58.2 Å². The van der Waals surface area contributed by atoms with Crippen molar-refractivity contribution in [2.45, 2.75) is 49.5 Å². The Morgan fingerprint density at radius 1 is 1.11 bits per heavy atom. The molecule has 0 spiro atoms. The summed E-state index contributed by atoms with van der Waals surface area (Å²) < 4.78 is 115. The smallest absolute Gasteiger partial charge is 0.427 e. The monoisotopic (exact) mass is 601 g/mol. The lowest BCUT2D eigenvalue weighted by Gasteiger charge is -2.36. The number of fused-ring (bicyclic) bond motifs is 1. The number of ether oxygens (including phenoxy) is 2. The molecule has 1 aliphatic heterocycles. The van der Waals surface area contributed by atoms with E-state index in [0.717, 1.165) is 28.6 Å². The number of hydrogen-bond acceptors (Lipinski definition) is 7. The number of alkyl halides is 4. The average Bonchev–Trinajstić information content (AvgIpc) is 2.81. The van der Waals surface area contributed by atoms with E-state index in [9.17, 15) is 39.2 Å². The summed E-state index contributed by atoms with van der Waals surface area (Å²) >= 11 is 5.44. The predicted octanol–water partition coefficient (Wildman–Crippen LogP) is 4.21. The number of sulfonamides is 1. The lowest BCUT2D eigenvalue weighted by Crippen LogP contribution is -2.44. The van der Waals surface area contributed by atoms with Crippen LogP contribution in [0.5, 0.6) is 5.75 Å². The maximum Gasteiger partial charge on any atom is 0.427 e. The van der Waals surface area contributed by atoms with E-state index in [0.29, 0.717) is 13.8 Å². The largest absolute Gasteiger partial charge is 0.486 e. The summed E-state index contributed by atoms with van der Waals surface area (Å²) in [6.07, 6.45) is -6.41. The Balaban J connectivity index is 1.96. The minimum Gasteiger partial charge on any atom is -0.486 e. The van der Waals surface area contributed by atoms with E-state index in [1.54, 1.807) is 0 Å². The van der Waals surface area contributed by atoms with Crippen LogP contribution in [0.25, 0.3) is 0 Å². The second-order valence-corrected chi connectivity index (χ2v) is 13.7. The minimum absolute atomic E-state index is 0.0305. The summed E-state index contributed by atoms with van der Waals surface area (Å²) in [6, 6.07) is 7.93. The first-order valence-corrected chi connectivity index (χ1v) is 14.9. The van der Waals surface area contributed by atoms with Gasteiger partial charge in [0.05, 0.1) is 29.3 Å². The number of esters is 1. The van der Waals surface area contributed by atoms with Gasteiger partial charge in [-0.05, 0) is 55.8 Å². The van der Waals surface area contributed by atoms with Gasteiger partial charge in [-0.3, -0.25) is 9.10 Å². The Morgan fingerprint density at radius 2 is 1.74 bits per heavy atom. The molecule has 0 bridgehead atoms. The third-order valence-corrected chi connectivity index (χ3v) is 9.66. The first-order chi connectivity index (χ1) is 17.4. The highest BCUT2D eigenvalue weighted by atomic mass is 35.5. The Hall–Kier alpha value is -2.58. The number of rotatable bonds is 9. The molecule has 0 aromatic heterocycles. The lowest BCUT2D eigenvalue weighted by molar-refractivity contribution is -0.257. The van der Waals surface area contributed by atoms with Gasteiger partial charge in [0.15, 0.2) is 9.84 Å². The van der Waals surface area contributed by atoms with Crippen molar-refractivity contribution in [1.82, 2.24) is 0 Å². The molecule has 210 valence electrons. The topological polar surface area (TPSA) is 107 Å². The van der Waals surface area contributed by atoms with Gasteiger partial charge in [0, 0.05) is 6.42 Å². The van der Waals surface area contributed by atoms with Crippen LogP contribution < -0.4 is 9.04 Å². The van der Waals surface area contributed by atoms with Crippen LogP contribution in [-0.2, 0) is 35.8 Å². The Morgan fingerprint density at radius 3 is 2.32 bits per heavy atom. The normalized spacial score (nSPS) is 16.5. The van der Waals surface area contributed by atoms with Crippen LogP contribution in [0.2, 0.25) is 0 Å². The number of benzene rings is 2. The molecule has 0 radical (unpaired) electrons. The zero-order chi connectivity index (χ0) is 28.5. The fourth-order valence-corrected chi connectivity index (χ4v) is 6.05. The molecule has 38 heavy (non-hydrogen) atoms. The summed E-state index contributed by atoms with van der Waals surface area (Å²) in [5.41, 5.74) is -2.64. The summed E-state index contributed by atoms with van der Waals surface area (Å²) in [6.45, 7) is 1.07. The molecule has 1 aliphatic rings. The zero-order valence-corrected chi connectivity index (χ0v) is 22.6. The zero-order valence-electron chi connectivity index (χ0n) is 20.2. The Bertz CT molecular complexity index is 1400. The highest BCUT2D eigenvalue weighted by Gasteiger charge is 2.50. The van der Waals surface area contributed by atoms with Crippen molar-refractivity contribution >= 4 is 43.1 Å². The van der Waals surface area contributed by atoms with E-state index >= 15 is 0 Å². The molecule has 0 saturated heterocycles. The van der Waals surface area contributed by atoms with E-state index in [-0.39, 0.29) is 40.6 Å². The second kappa shape index (κ2) is 10.9. The van der Waals surface area contributed by atoms with Crippen LogP contribution in [0.1, 0.15) is 25.8 Å². The van der Waals surface area contributed by atoms with Gasteiger partial charge in [0.25, 0.3) is 10.0 Å². The van der Waals surface area contributed by atoms with E-state index in [1.165, 1.54) is 18.2 Å². The molecular formula is C23H24ClF4NO7S2. The number of carbonyl (C=O) groups is 1. The highest BCUT2D eigenvalue weighted by molar-refractivity contribution is 7.93. The van der Waals surface area contributed by atoms with Gasteiger partial charge >= 0.3 is 12.1 Å². The van der Waals surface area contributed by atoms with Crippen molar-refractivity contribution in [3.8, 4) is 5.75 Å². The first kappa shape index (κ1) is 30.0. The third-order valence-electron chi connectivity index (χ3n) is 5.67. The van der Waals surface area contributed by atoms with Crippen LogP contribution in [0.3, 0.4) is 0 Å². The Labute approximate surface area is 222 Å².